The number of anilines is 2. The first-order valence-corrected chi connectivity index (χ1v) is 6.78. The van der Waals surface area contributed by atoms with Gasteiger partial charge in [0.2, 0.25) is 0 Å². The van der Waals surface area contributed by atoms with E-state index in [9.17, 15) is 14.3 Å². The minimum atomic E-state index is -1.18. The summed E-state index contributed by atoms with van der Waals surface area (Å²) in [7, 11) is 0. The maximum absolute atomic E-state index is 13.5. The van der Waals surface area contributed by atoms with Crippen molar-refractivity contribution in [2.24, 2.45) is 11.3 Å². The number of benzene rings is 1. The van der Waals surface area contributed by atoms with Crippen molar-refractivity contribution in [2.45, 2.75) is 27.2 Å². The minimum absolute atomic E-state index is 0.125. The van der Waals surface area contributed by atoms with E-state index >= 15 is 0 Å². The van der Waals surface area contributed by atoms with Gasteiger partial charge in [0, 0.05) is 13.1 Å². The predicted molar refractivity (Wildman–Crippen MR) is 77.5 cm³/mol. The molecule has 1 atom stereocenters. The molecule has 0 amide bonds. The van der Waals surface area contributed by atoms with Crippen LogP contribution in [0.25, 0.3) is 0 Å². The third kappa shape index (κ3) is 2.57. The second kappa shape index (κ2) is 4.96. The van der Waals surface area contributed by atoms with E-state index in [4.69, 9.17) is 5.73 Å². The highest BCUT2D eigenvalue weighted by atomic mass is 19.1. The van der Waals surface area contributed by atoms with Crippen LogP contribution in [0.5, 0.6) is 0 Å². The fourth-order valence-electron chi connectivity index (χ4n) is 2.76. The third-order valence-electron chi connectivity index (χ3n) is 4.14. The molecular formula is C15H21FN2O2. The lowest BCUT2D eigenvalue weighted by Crippen LogP contribution is -2.27. The lowest BCUT2D eigenvalue weighted by Gasteiger charge is -2.28. The summed E-state index contributed by atoms with van der Waals surface area (Å²) in [5, 5.41) is 9.28. The Kier molecular flexibility index (Phi) is 3.63. The highest BCUT2D eigenvalue weighted by Crippen LogP contribution is 2.38. The van der Waals surface area contributed by atoms with Gasteiger partial charge in [0.25, 0.3) is 0 Å². The molecule has 1 fully saturated rings. The number of nitrogens with two attached hydrogens (primary N) is 1. The summed E-state index contributed by atoms with van der Waals surface area (Å²) in [6.07, 6.45) is 1.000. The van der Waals surface area contributed by atoms with Gasteiger partial charge in [0.1, 0.15) is 11.4 Å². The lowest BCUT2D eigenvalue weighted by molar-refractivity contribution is 0.0698. The van der Waals surface area contributed by atoms with E-state index in [2.05, 4.69) is 20.8 Å². The van der Waals surface area contributed by atoms with E-state index in [-0.39, 0.29) is 16.7 Å². The zero-order chi connectivity index (χ0) is 15.1. The summed E-state index contributed by atoms with van der Waals surface area (Å²) >= 11 is 0. The highest BCUT2D eigenvalue weighted by Gasteiger charge is 2.33. The van der Waals surface area contributed by atoms with Gasteiger partial charge in [0.15, 0.2) is 0 Å². The maximum atomic E-state index is 13.5. The van der Waals surface area contributed by atoms with Crippen LogP contribution in [0.1, 0.15) is 37.6 Å². The molecule has 1 saturated heterocycles. The molecule has 1 heterocycles. The van der Waals surface area contributed by atoms with Gasteiger partial charge in [-0.15, -0.1) is 0 Å². The summed E-state index contributed by atoms with van der Waals surface area (Å²) in [5.41, 5.74) is 5.87. The minimum Gasteiger partial charge on any atom is -0.478 e. The number of aromatic carboxylic acids is 1. The van der Waals surface area contributed by atoms with Crippen LogP contribution in [-0.4, -0.2) is 24.2 Å². The number of hydrogen-bond donors (Lipinski definition) is 2. The SMILES string of the molecule is CC(C)(C)C1CCN(c2ccc(F)c(N)c2C(=O)O)C1. The Balaban J connectivity index is 2.36. The second-order valence-electron chi connectivity index (χ2n) is 6.46. The monoisotopic (exact) mass is 280 g/mol. The Bertz CT molecular complexity index is 537. The van der Waals surface area contributed by atoms with Crippen molar-refractivity contribution in [1.82, 2.24) is 0 Å². The van der Waals surface area contributed by atoms with Gasteiger partial charge in [-0.3, -0.25) is 0 Å². The van der Waals surface area contributed by atoms with Crippen molar-refractivity contribution in [2.75, 3.05) is 23.7 Å². The van der Waals surface area contributed by atoms with Crippen molar-refractivity contribution < 1.29 is 14.3 Å². The number of carboxylic acid groups (broad SMARTS) is 1. The first kappa shape index (κ1) is 14.6. The van der Waals surface area contributed by atoms with Crippen LogP contribution in [0.4, 0.5) is 15.8 Å². The van der Waals surface area contributed by atoms with Gasteiger partial charge in [0.05, 0.1) is 11.4 Å². The molecule has 1 aromatic rings. The van der Waals surface area contributed by atoms with Crippen LogP contribution in [0.3, 0.4) is 0 Å². The molecule has 110 valence electrons. The lowest BCUT2D eigenvalue weighted by atomic mass is 9.80. The van der Waals surface area contributed by atoms with E-state index < -0.39 is 11.8 Å². The van der Waals surface area contributed by atoms with Crippen LogP contribution in [-0.2, 0) is 0 Å². The summed E-state index contributed by atoms with van der Waals surface area (Å²) in [6, 6.07) is 2.75. The highest BCUT2D eigenvalue weighted by molar-refractivity contribution is 6.00. The Labute approximate surface area is 118 Å². The number of halogens is 1. The van der Waals surface area contributed by atoms with Gasteiger partial charge in [-0.2, -0.15) is 0 Å². The molecule has 1 unspecified atom stereocenters. The number of nitrogens with zero attached hydrogens (tertiary/aromatic N) is 1. The van der Waals surface area contributed by atoms with E-state index in [1.807, 2.05) is 4.90 Å². The molecule has 0 aliphatic carbocycles. The number of nitrogen functional groups attached to an aromatic ring is 1. The number of carbonyl (C=O) groups is 1. The summed E-state index contributed by atoms with van der Waals surface area (Å²) in [5.74, 6) is -1.38. The van der Waals surface area contributed by atoms with Crippen molar-refractivity contribution >= 4 is 17.3 Å². The zero-order valence-electron chi connectivity index (χ0n) is 12.1. The van der Waals surface area contributed by atoms with Crippen molar-refractivity contribution in [3.63, 3.8) is 0 Å². The average molecular weight is 280 g/mol. The van der Waals surface area contributed by atoms with E-state index in [0.29, 0.717) is 11.6 Å². The van der Waals surface area contributed by atoms with Gasteiger partial charge < -0.3 is 15.7 Å². The van der Waals surface area contributed by atoms with Crippen molar-refractivity contribution in [3.05, 3.63) is 23.5 Å². The number of rotatable bonds is 2. The molecule has 0 saturated carbocycles. The molecule has 0 spiro atoms. The third-order valence-corrected chi connectivity index (χ3v) is 4.14. The zero-order valence-corrected chi connectivity index (χ0v) is 12.1. The normalized spacial score (nSPS) is 19.4. The van der Waals surface area contributed by atoms with E-state index in [1.165, 1.54) is 12.1 Å². The topological polar surface area (TPSA) is 66.6 Å². The molecule has 3 N–H and O–H groups in total. The first-order valence-electron chi connectivity index (χ1n) is 6.78. The maximum Gasteiger partial charge on any atom is 0.340 e. The molecular weight excluding hydrogens is 259 g/mol. The molecule has 0 bridgehead atoms. The van der Waals surface area contributed by atoms with Gasteiger partial charge in [-0.25, -0.2) is 9.18 Å². The summed E-state index contributed by atoms with van der Waals surface area (Å²) in [4.78, 5) is 13.4. The molecule has 5 heteroatoms. The van der Waals surface area contributed by atoms with Crippen molar-refractivity contribution in [3.8, 4) is 0 Å². The average Bonchev–Trinajstić information content (AvgIpc) is 2.80. The van der Waals surface area contributed by atoms with Gasteiger partial charge in [-0.1, -0.05) is 20.8 Å². The van der Waals surface area contributed by atoms with Crippen LogP contribution in [0.15, 0.2) is 12.1 Å². The Hall–Kier alpha value is -1.78. The fraction of sp³-hybridized carbons (Fsp3) is 0.533. The first-order chi connectivity index (χ1) is 9.21. The van der Waals surface area contributed by atoms with Crippen LogP contribution >= 0.6 is 0 Å². The fourth-order valence-corrected chi connectivity index (χ4v) is 2.76. The number of hydrogen-bond acceptors (Lipinski definition) is 3. The molecule has 20 heavy (non-hydrogen) atoms. The second-order valence-corrected chi connectivity index (χ2v) is 6.46. The largest absolute Gasteiger partial charge is 0.478 e. The van der Waals surface area contributed by atoms with Crippen LogP contribution in [0, 0.1) is 17.2 Å². The summed E-state index contributed by atoms with van der Waals surface area (Å²) < 4.78 is 13.5. The molecule has 1 aromatic carbocycles. The molecule has 4 nitrogen and oxygen atoms in total. The quantitative estimate of drug-likeness (QED) is 0.817. The molecule has 1 aliphatic heterocycles. The van der Waals surface area contributed by atoms with Crippen molar-refractivity contribution in [1.29, 1.82) is 0 Å². The summed E-state index contributed by atoms with van der Waals surface area (Å²) in [6.45, 7) is 8.08. The molecule has 0 radical (unpaired) electrons. The van der Waals surface area contributed by atoms with Crippen LogP contribution in [0.2, 0.25) is 0 Å². The Morgan fingerprint density at radius 2 is 2.10 bits per heavy atom. The Morgan fingerprint density at radius 1 is 1.45 bits per heavy atom. The standard InChI is InChI=1S/C15H21FN2O2/c1-15(2,3)9-6-7-18(8-9)11-5-4-10(16)13(17)12(11)14(19)20/h4-5,9H,6-8,17H2,1-3H3,(H,19,20). The molecule has 0 aromatic heterocycles. The Morgan fingerprint density at radius 3 is 2.60 bits per heavy atom. The van der Waals surface area contributed by atoms with Gasteiger partial charge >= 0.3 is 5.97 Å². The number of carboxylic acids is 1. The predicted octanol–water partition coefficient (Wildman–Crippen LogP) is 2.98. The van der Waals surface area contributed by atoms with Gasteiger partial charge in [-0.05, 0) is 29.9 Å². The van der Waals surface area contributed by atoms with Crippen LogP contribution < -0.4 is 10.6 Å². The van der Waals surface area contributed by atoms with E-state index in [0.717, 1.165) is 19.5 Å². The van der Waals surface area contributed by atoms with E-state index in [1.54, 1.807) is 0 Å². The molecule has 2 rings (SSSR count). The molecule has 1 aliphatic rings. The smallest absolute Gasteiger partial charge is 0.340 e.